The molecule has 118 valence electrons. The van der Waals surface area contributed by atoms with Gasteiger partial charge in [0.15, 0.2) is 5.82 Å². The molecule has 22 heavy (non-hydrogen) atoms. The second-order valence-electron chi connectivity index (χ2n) is 5.53. The molecule has 7 heteroatoms. The van der Waals surface area contributed by atoms with Crippen molar-refractivity contribution in [2.75, 3.05) is 6.61 Å². The van der Waals surface area contributed by atoms with Gasteiger partial charge in [-0.15, -0.1) is 0 Å². The average Bonchev–Trinajstić information content (AvgIpc) is 3.14. The van der Waals surface area contributed by atoms with Gasteiger partial charge in [-0.2, -0.15) is 4.98 Å². The minimum Gasteiger partial charge on any atom is -0.491 e. The molecule has 1 aromatic carbocycles. The SMILES string of the molecule is NC1(c2noc(CCOc3cccc(Cl)c3Cl)n2)CCCC1. The predicted molar refractivity (Wildman–Crippen MR) is 84.3 cm³/mol. The van der Waals surface area contributed by atoms with Crippen molar-refractivity contribution in [3.8, 4) is 5.75 Å². The largest absolute Gasteiger partial charge is 0.491 e. The van der Waals surface area contributed by atoms with Gasteiger partial charge in [0.1, 0.15) is 10.8 Å². The Morgan fingerprint density at radius 3 is 2.82 bits per heavy atom. The summed E-state index contributed by atoms with van der Waals surface area (Å²) in [5.41, 5.74) is 5.87. The quantitative estimate of drug-likeness (QED) is 0.896. The maximum atomic E-state index is 6.30. The molecule has 0 bridgehead atoms. The van der Waals surface area contributed by atoms with Crippen LogP contribution < -0.4 is 10.5 Å². The number of hydrogen-bond acceptors (Lipinski definition) is 5. The van der Waals surface area contributed by atoms with Crippen molar-refractivity contribution in [1.29, 1.82) is 0 Å². The number of nitrogens with two attached hydrogens (primary N) is 1. The summed E-state index contributed by atoms with van der Waals surface area (Å²) < 4.78 is 10.9. The molecular weight excluding hydrogens is 325 g/mol. The molecule has 0 unspecified atom stereocenters. The zero-order chi connectivity index (χ0) is 15.6. The van der Waals surface area contributed by atoms with Crippen molar-refractivity contribution in [2.24, 2.45) is 5.73 Å². The molecule has 1 heterocycles. The molecule has 0 aliphatic heterocycles. The van der Waals surface area contributed by atoms with Crippen molar-refractivity contribution in [1.82, 2.24) is 10.1 Å². The van der Waals surface area contributed by atoms with E-state index in [-0.39, 0.29) is 0 Å². The Morgan fingerprint density at radius 1 is 1.27 bits per heavy atom. The van der Waals surface area contributed by atoms with Gasteiger partial charge in [0, 0.05) is 0 Å². The van der Waals surface area contributed by atoms with Crippen molar-refractivity contribution >= 4 is 23.2 Å². The van der Waals surface area contributed by atoms with Crippen LogP contribution in [0, 0.1) is 0 Å². The molecule has 0 saturated heterocycles. The molecule has 1 aromatic heterocycles. The number of aromatic nitrogens is 2. The van der Waals surface area contributed by atoms with Gasteiger partial charge in [-0.25, -0.2) is 0 Å². The zero-order valence-electron chi connectivity index (χ0n) is 12.0. The maximum absolute atomic E-state index is 6.30. The summed E-state index contributed by atoms with van der Waals surface area (Å²) in [5.74, 6) is 1.66. The Balaban J connectivity index is 1.58. The van der Waals surface area contributed by atoms with E-state index in [1.165, 1.54) is 0 Å². The summed E-state index contributed by atoms with van der Waals surface area (Å²) >= 11 is 12.0. The van der Waals surface area contributed by atoms with E-state index in [1.54, 1.807) is 18.2 Å². The van der Waals surface area contributed by atoms with E-state index in [1.807, 2.05) is 0 Å². The van der Waals surface area contributed by atoms with Crippen LogP contribution in [-0.2, 0) is 12.0 Å². The Morgan fingerprint density at radius 2 is 2.05 bits per heavy atom. The summed E-state index contributed by atoms with van der Waals surface area (Å²) in [5, 5.41) is 4.88. The Labute approximate surface area is 138 Å². The van der Waals surface area contributed by atoms with E-state index in [4.69, 9.17) is 38.2 Å². The third-order valence-corrected chi connectivity index (χ3v) is 4.70. The third-order valence-electron chi connectivity index (χ3n) is 3.90. The van der Waals surface area contributed by atoms with E-state index in [9.17, 15) is 0 Å². The maximum Gasteiger partial charge on any atom is 0.230 e. The van der Waals surface area contributed by atoms with Crippen molar-refractivity contribution in [2.45, 2.75) is 37.6 Å². The summed E-state index contributed by atoms with van der Waals surface area (Å²) in [6.45, 7) is 0.374. The lowest BCUT2D eigenvalue weighted by Crippen LogP contribution is -2.34. The van der Waals surface area contributed by atoms with Crippen molar-refractivity contribution in [3.05, 3.63) is 40.0 Å². The van der Waals surface area contributed by atoms with Gasteiger partial charge < -0.3 is 15.0 Å². The average molecular weight is 342 g/mol. The fourth-order valence-corrected chi connectivity index (χ4v) is 2.98. The molecule has 0 spiro atoms. The summed E-state index contributed by atoms with van der Waals surface area (Å²) in [4.78, 5) is 4.39. The number of rotatable bonds is 5. The van der Waals surface area contributed by atoms with E-state index >= 15 is 0 Å². The van der Waals surface area contributed by atoms with Gasteiger partial charge in [0.25, 0.3) is 0 Å². The first kappa shape index (κ1) is 15.6. The molecule has 2 aromatic rings. The van der Waals surface area contributed by atoms with Crippen LogP contribution in [0.5, 0.6) is 5.75 Å². The van der Waals surface area contributed by atoms with Crippen molar-refractivity contribution in [3.63, 3.8) is 0 Å². The van der Waals surface area contributed by atoms with Crippen LogP contribution >= 0.6 is 23.2 Å². The van der Waals surface area contributed by atoms with E-state index in [0.29, 0.717) is 40.5 Å². The monoisotopic (exact) mass is 341 g/mol. The molecule has 0 amide bonds. The van der Waals surface area contributed by atoms with Gasteiger partial charge in [0.05, 0.1) is 23.6 Å². The molecule has 2 N–H and O–H groups in total. The highest BCUT2D eigenvalue weighted by Gasteiger charge is 2.35. The van der Waals surface area contributed by atoms with Crippen LogP contribution in [0.2, 0.25) is 10.0 Å². The van der Waals surface area contributed by atoms with E-state index in [0.717, 1.165) is 25.7 Å². The highest BCUT2D eigenvalue weighted by Crippen LogP contribution is 2.34. The Hall–Kier alpha value is -1.30. The fourth-order valence-electron chi connectivity index (χ4n) is 2.63. The molecule has 0 atom stereocenters. The smallest absolute Gasteiger partial charge is 0.230 e. The first-order valence-electron chi connectivity index (χ1n) is 7.27. The first-order valence-corrected chi connectivity index (χ1v) is 8.03. The third kappa shape index (κ3) is 3.21. The fraction of sp³-hybridized carbons (Fsp3) is 0.467. The lowest BCUT2D eigenvalue weighted by atomic mass is 9.99. The van der Waals surface area contributed by atoms with Crippen LogP contribution in [0.1, 0.15) is 37.4 Å². The number of benzene rings is 1. The molecule has 5 nitrogen and oxygen atoms in total. The highest BCUT2D eigenvalue weighted by molar-refractivity contribution is 6.42. The van der Waals surface area contributed by atoms with Crippen LogP contribution in [0.15, 0.2) is 22.7 Å². The second-order valence-corrected chi connectivity index (χ2v) is 6.31. The molecule has 1 aliphatic carbocycles. The van der Waals surface area contributed by atoms with E-state index < -0.39 is 5.54 Å². The number of ether oxygens (including phenoxy) is 1. The van der Waals surface area contributed by atoms with Crippen LogP contribution in [0.4, 0.5) is 0 Å². The normalized spacial score (nSPS) is 16.9. The summed E-state index contributed by atoms with van der Waals surface area (Å²) in [6, 6.07) is 5.26. The first-order chi connectivity index (χ1) is 10.6. The van der Waals surface area contributed by atoms with Gasteiger partial charge in [-0.05, 0) is 25.0 Å². The Bertz CT molecular complexity index is 654. The zero-order valence-corrected chi connectivity index (χ0v) is 13.5. The lowest BCUT2D eigenvalue weighted by molar-refractivity contribution is 0.290. The second kappa shape index (κ2) is 6.44. The van der Waals surface area contributed by atoms with Crippen LogP contribution in [-0.4, -0.2) is 16.7 Å². The molecule has 3 rings (SSSR count). The number of nitrogens with zero attached hydrogens (tertiary/aromatic N) is 2. The molecule has 1 saturated carbocycles. The van der Waals surface area contributed by atoms with Gasteiger partial charge in [0.2, 0.25) is 5.89 Å². The van der Waals surface area contributed by atoms with Gasteiger partial charge in [-0.1, -0.05) is 47.3 Å². The molecule has 1 aliphatic rings. The summed E-state index contributed by atoms with van der Waals surface area (Å²) in [7, 11) is 0. The molecule has 1 fully saturated rings. The predicted octanol–water partition coefficient (Wildman–Crippen LogP) is 3.73. The summed E-state index contributed by atoms with van der Waals surface area (Å²) in [6.07, 6.45) is 4.51. The minimum absolute atomic E-state index is 0.374. The highest BCUT2D eigenvalue weighted by atomic mass is 35.5. The topological polar surface area (TPSA) is 74.2 Å². The molecular formula is C15H17Cl2N3O2. The lowest BCUT2D eigenvalue weighted by Gasteiger charge is -2.17. The van der Waals surface area contributed by atoms with E-state index in [2.05, 4.69) is 10.1 Å². The van der Waals surface area contributed by atoms with Crippen LogP contribution in [0.25, 0.3) is 0 Å². The number of hydrogen-bond donors (Lipinski definition) is 1. The Kier molecular flexibility index (Phi) is 4.57. The van der Waals surface area contributed by atoms with Gasteiger partial charge >= 0.3 is 0 Å². The van der Waals surface area contributed by atoms with Crippen LogP contribution in [0.3, 0.4) is 0 Å². The number of halogens is 2. The van der Waals surface area contributed by atoms with Gasteiger partial charge in [-0.3, -0.25) is 0 Å². The molecule has 0 radical (unpaired) electrons. The minimum atomic E-state index is -0.432. The standard InChI is InChI=1S/C15H17Cl2N3O2/c16-10-4-3-5-11(13(10)17)21-9-6-12-19-14(20-22-12)15(18)7-1-2-8-15/h3-5H,1-2,6-9,18H2. The van der Waals surface area contributed by atoms with Crippen molar-refractivity contribution < 1.29 is 9.26 Å².